The van der Waals surface area contributed by atoms with Gasteiger partial charge in [0, 0.05) is 19.2 Å². The lowest BCUT2D eigenvalue weighted by Crippen LogP contribution is -2.34. The van der Waals surface area contributed by atoms with Gasteiger partial charge in [-0.2, -0.15) is 0 Å². The van der Waals surface area contributed by atoms with Crippen molar-refractivity contribution in [2.45, 2.75) is 51.7 Å². The van der Waals surface area contributed by atoms with Gasteiger partial charge in [-0.05, 0) is 37.2 Å². The maximum Gasteiger partial charge on any atom is 0.0722 e. The summed E-state index contributed by atoms with van der Waals surface area (Å²) in [5.41, 5.74) is 1.41. The zero-order valence-electron chi connectivity index (χ0n) is 12.3. The predicted molar refractivity (Wildman–Crippen MR) is 80.4 cm³/mol. The van der Waals surface area contributed by atoms with Crippen molar-refractivity contribution in [2.75, 3.05) is 13.2 Å². The first-order valence-electron chi connectivity index (χ1n) is 7.64. The van der Waals surface area contributed by atoms with Crippen molar-refractivity contribution in [3.05, 3.63) is 35.9 Å². The van der Waals surface area contributed by atoms with Crippen LogP contribution in [0.1, 0.15) is 38.7 Å². The van der Waals surface area contributed by atoms with Crippen molar-refractivity contribution in [1.29, 1.82) is 0 Å². The third-order valence-corrected chi connectivity index (χ3v) is 3.71. The standard InChI is InChI=1S/C17H27NO/c1-14(2)17(13-18-16-10-11-16)19-12-6-9-15-7-4-3-5-8-15/h3-5,7-8,14,16-18H,6,9-13H2,1-2H3. The predicted octanol–water partition coefficient (Wildman–Crippen LogP) is 3.41. The molecule has 1 unspecified atom stereocenters. The molecular weight excluding hydrogens is 234 g/mol. The molecule has 106 valence electrons. The molecule has 0 aromatic heterocycles. The highest BCUT2D eigenvalue weighted by atomic mass is 16.5. The molecular formula is C17H27NO. The molecule has 0 radical (unpaired) electrons. The van der Waals surface area contributed by atoms with Crippen molar-refractivity contribution >= 4 is 0 Å². The van der Waals surface area contributed by atoms with Crippen LogP contribution < -0.4 is 5.32 Å². The van der Waals surface area contributed by atoms with Crippen LogP contribution in [0.15, 0.2) is 30.3 Å². The summed E-state index contributed by atoms with van der Waals surface area (Å²) in [5.74, 6) is 0.586. The maximum absolute atomic E-state index is 6.04. The van der Waals surface area contributed by atoms with Crippen molar-refractivity contribution in [3.63, 3.8) is 0 Å². The van der Waals surface area contributed by atoms with Gasteiger partial charge in [-0.3, -0.25) is 0 Å². The minimum Gasteiger partial charge on any atom is -0.377 e. The van der Waals surface area contributed by atoms with Crippen molar-refractivity contribution in [1.82, 2.24) is 5.32 Å². The molecule has 1 fully saturated rings. The first-order chi connectivity index (χ1) is 9.25. The highest BCUT2D eigenvalue weighted by Crippen LogP contribution is 2.19. The van der Waals surface area contributed by atoms with Gasteiger partial charge in [0.15, 0.2) is 0 Å². The van der Waals surface area contributed by atoms with Gasteiger partial charge >= 0.3 is 0 Å². The highest BCUT2D eigenvalue weighted by molar-refractivity contribution is 5.14. The Morgan fingerprint density at radius 1 is 1.21 bits per heavy atom. The number of nitrogens with one attached hydrogen (secondary N) is 1. The molecule has 1 aromatic carbocycles. The largest absolute Gasteiger partial charge is 0.377 e. The first kappa shape index (κ1) is 14.5. The lowest BCUT2D eigenvalue weighted by atomic mass is 10.1. The molecule has 2 nitrogen and oxygen atoms in total. The zero-order chi connectivity index (χ0) is 13.5. The van der Waals surface area contributed by atoms with Gasteiger partial charge < -0.3 is 10.1 Å². The van der Waals surface area contributed by atoms with E-state index in [9.17, 15) is 0 Å². The highest BCUT2D eigenvalue weighted by Gasteiger charge is 2.23. The fraction of sp³-hybridized carbons (Fsp3) is 0.647. The quantitative estimate of drug-likeness (QED) is 0.688. The van der Waals surface area contributed by atoms with Crippen LogP contribution in [0, 0.1) is 5.92 Å². The van der Waals surface area contributed by atoms with Crippen LogP contribution in [-0.4, -0.2) is 25.3 Å². The summed E-state index contributed by atoms with van der Waals surface area (Å²) >= 11 is 0. The van der Waals surface area contributed by atoms with Crippen molar-refractivity contribution in [3.8, 4) is 0 Å². The minimum atomic E-state index is 0.358. The van der Waals surface area contributed by atoms with E-state index in [0.29, 0.717) is 12.0 Å². The third kappa shape index (κ3) is 5.75. The molecule has 1 atom stereocenters. The molecule has 2 rings (SSSR count). The van der Waals surface area contributed by atoms with Gasteiger partial charge in [0.25, 0.3) is 0 Å². The fourth-order valence-electron chi connectivity index (χ4n) is 2.21. The van der Waals surface area contributed by atoms with Crippen LogP contribution in [0.25, 0.3) is 0 Å². The Balaban J connectivity index is 1.61. The van der Waals surface area contributed by atoms with E-state index in [4.69, 9.17) is 4.74 Å². The van der Waals surface area contributed by atoms with Crippen LogP contribution in [-0.2, 0) is 11.2 Å². The number of ether oxygens (including phenoxy) is 1. The van der Waals surface area contributed by atoms with E-state index in [-0.39, 0.29) is 0 Å². The number of hydrogen-bond donors (Lipinski definition) is 1. The maximum atomic E-state index is 6.04. The summed E-state index contributed by atoms with van der Waals surface area (Å²) in [6.45, 7) is 6.37. The molecule has 0 amide bonds. The van der Waals surface area contributed by atoms with Crippen LogP contribution in [0.3, 0.4) is 0 Å². The Bertz CT molecular complexity index is 346. The van der Waals surface area contributed by atoms with Crippen molar-refractivity contribution < 1.29 is 4.74 Å². The van der Waals surface area contributed by atoms with E-state index >= 15 is 0 Å². The van der Waals surface area contributed by atoms with Gasteiger partial charge in [-0.25, -0.2) is 0 Å². The normalized spacial score (nSPS) is 16.8. The smallest absolute Gasteiger partial charge is 0.0722 e. The summed E-state index contributed by atoms with van der Waals surface area (Å²) in [7, 11) is 0. The summed E-state index contributed by atoms with van der Waals surface area (Å²) in [6.07, 6.45) is 5.27. The average Bonchev–Trinajstić information content (AvgIpc) is 3.22. The van der Waals surface area contributed by atoms with Gasteiger partial charge in [0.05, 0.1) is 6.10 Å². The molecule has 0 bridgehead atoms. The second-order valence-corrected chi connectivity index (χ2v) is 5.92. The lowest BCUT2D eigenvalue weighted by molar-refractivity contribution is 0.0215. The van der Waals surface area contributed by atoms with E-state index < -0.39 is 0 Å². The first-order valence-corrected chi connectivity index (χ1v) is 7.64. The molecule has 1 aliphatic carbocycles. The van der Waals surface area contributed by atoms with Crippen LogP contribution in [0.5, 0.6) is 0 Å². The van der Waals surface area contributed by atoms with Crippen LogP contribution >= 0.6 is 0 Å². The topological polar surface area (TPSA) is 21.3 Å². The number of benzene rings is 1. The second kappa shape index (κ2) is 7.66. The van der Waals surface area contributed by atoms with E-state index in [2.05, 4.69) is 49.5 Å². The second-order valence-electron chi connectivity index (χ2n) is 5.92. The summed E-state index contributed by atoms with van der Waals surface area (Å²) in [5, 5.41) is 3.57. The summed E-state index contributed by atoms with van der Waals surface area (Å²) in [6, 6.07) is 11.4. The Morgan fingerprint density at radius 2 is 1.95 bits per heavy atom. The molecule has 19 heavy (non-hydrogen) atoms. The van der Waals surface area contributed by atoms with Crippen LogP contribution in [0.4, 0.5) is 0 Å². The Kier molecular flexibility index (Phi) is 5.87. The van der Waals surface area contributed by atoms with Gasteiger partial charge in [0.2, 0.25) is 0 Å². The minimum absolute atomic E-state index is 0.358. The third-order valence-electron chi connectivity index (χ3n) is 3.71. The number of hydrogen-bond acceptors (Lipinski definition) is 2. The summed E-state index contributed by atoms with van der Waals surface area (Å²) in [4.78, 5) is 0. The number of rotatable bonds is 9. The Hall–Kier alpha value is -0.860. The van der Waals surface area contributed by atoms with E-state index in [1.165, 1.54) is 18.4 Å². The molecule has 1 N–H and O–H groups in total. The van der Waals surface area contributed by atoms with E-state index in [1.54, 1.807) is 0 Å². The van der Waals surface area contributed by atoms with Crippen LogP contribution in [0.2, 0.25) is 0 Å². The monoisotopic (exact) mass is 261 g/mol. The van der Waals surface area contributed by atoms with E-state index in [0.717, 1.165) is 32.0 Å². The Morgan fingerprint density at radius 3 is 2.58 bits per heavy atom. The Labute approximate surface area is 117 Å². The molecule has 1 saturated carbocycles. The SMILES string of the molecule is CC(C)C(CNC1CC1)OCCCc1ccccc1. The molecule has 0 saturated heterocycles. The van der Waals surface area contributed by atoms with E-state index in [1.807, 2.05) is 0 Å². The van der Waals surface area contributed by atoms with Gasteiger partial charge in [-0.15, -0.1) is 0 Å². The lowest BCUT2D eigenvalue weighted by Gasteiger charge is -2.22. The van der Waals surface area contributed by atoms with Crippen molar-refractivity contribution in [2.24, 2.45) is 5.92 Å². The molecule has 0 heterocycles. The summed E-state index contributed by atoms with van der Waals surface area (Å²) < 4.78 is 6.04. The van der Waals surface area contributed by atoms with Gasteiger partial charge in [-0.1, -0.05) is 44.2 Å². The molecule has 2 heteroatoms. The molecule has 1 aliphatic rings. The fourth-order valence-corrected chi connectivity index (χ4v) is 2.21. The molecule has 1 aromatic rings. The zero-order valence-corrected chi connectivity index (χ0v) is 12.3. The van der Waals surface area contributed by atoms with Gasteiger partial charge in [0.1, 0.15) is 0 Å². The molecule has 0 spiro atoms. The number of aryl methyl sites for hydroxylation is 1. The average molecular weight is 261 g/mol. The molecule has 0 aliphatic heterocycles.